The van der Waals surface area contributed by atoms with E-state index in [1.165, 1.54) is 36.0 Å². The largest absolute Gasteiger partial charge is 0.484 e. The SMILES string of the molecule is CCC(NC(=O)COc1cccc(C)c1)c1ccc2c(c1)CCCC2. The molecule has 1 atom stereocenters. The van der Waals surface area contributed by atoms with Gasteiger partial charge in [0.25, 0.3) is 5.91 Å². The molecule has 25 heavy (non-hydrogen) atoms. The summed E-state index contributed by atoms with van der Waals surface area (Å²) >= 11 is 0. The molecule has 3 nitrogen and oxygen atoms in total. The zero-order valence-electron chi connectivity index (χ0n) is 15.2. The standard InChI is InChI=1S/C22H27NO2/c1-3-21(19-12-11-17-8-4-5-9-18(17)14-19)23-22(24)15-25-20-10-6-7-16(2)13-20/h6-7,10-14,21H,3-5,8-9,15H2,1-2H3,(H,23,24). The van der Waals surface area contributed by atoms with Crippen molar-refractivity contribution in [1.82, 2.24) is 5.32 Å². The van der Waals surface area contributed by atoms with Crippen molar-refractivity contribution in [1.29, 1.82) is 0 Å². The number of benzene rings is 2. The van der Waals surface area contributed by atoms with E-state index in [0.717, 1.165) is 24.2 Å². The minimum Gasteiger partial charge on any atom is -0.484 e. The first-order valence-electron chi connectivity index (χ1n) is 9.26. The normalized spacial score (nSPS) is 14.5. The molecule has 1 N–H and O–H groups in total. The summed E-state index contributed by atoms with van der Waals surface area (Å²) in [6.07, 6.45) is 5.77. The van der Waals surface area contributed by atoms with Crippen LogP contribution in [0, 0.1) is 6.92 Å². The van der Waals surface area contributed by atoms with E-state index in [1.54, 1.807) is 0 Å². The highest BCUT2D eigenvalue weighted by Gasteiger charge is 2.16. The number of ether oxygens (including phenoxy) is 1. The second-order valence-corrected chi connectivity index (χ2v) is 6.87. The lowest BCUT2D eigenvalue weighted by molar-refractivity contribution is -0.123. The Balaban J connectivity index is 1.60. The van der Waals surface area contributed by atoms with Crippen LogP contribution >= 0.6 is 0 Å². The summed E-state index contributed by atoms with van der Waals surface area (Å²) in [5.41, 5.74) is 5.25. The Morgan fingerprint density at radius 2 is 1.92 bits per heavy atom. The summed E-state index contributed by atoms with van der Waals surface area (Å²) in [4.78, 5) is 12.3. The average Bonchev–Trinajstić information content (AvgIpc) is 2.64. The number of hydrogen-bond acceptors (Lipinski definition) is 2. The third-order valence-electron chi connectivity index (χ3n) is 4.88. The first-order valence-corrected chi connectivity index (χ1v) is 9.26. The molecule has 0 aromatic heterocycles. The average molecular weight is 337 g/mol. The summed E-state index contributed by atoms with van der Waals surface area (Å²) in [5, 5.41) is 3.11. The van der Waals surface area contributed by atoms with E-state index in [9.17, 15) is 4.79 Å². The van der Waals surface area contributed by atoms with Crippen molar-refractivity contribution in [2.45, 2.75) is 52.0 Å². The van der Waals surface area contributed by atoms with Gasteiger partial charge in [0.2, 0.25) is 0 Å². The van der Waals surface area contributed by atoms with Gasteiger partial charge >= 0.3 is 0 Å². The number of amides is 1. The molecule has 132 valence electrons. The number of rotatable bonds is 6. The number of nitrogens with one attached hydrogen (secondary N) is 1. The zero-order chi connectivity index (χ0) is 17.6. The fourth-order valence-corrected chi connectivity index (χ4v) is 3.48. The van der Waals surface area contributed by atoms with Gasteiger partial charge in [-0.15, -0.1) is 0 Å². The summed E-state index contributed by atoms with van der Waals surface area (Å²) < 4.78 is 5.61. The summed E-state index contributed by atoms with van der Waals surface area (Å²) in [7, 11) is 0. The van der Waals surface area contributed by atoms with E-state index in [2.05, 4.69) is 30.4 Å². The van der Waals surface area contributed by atoms with Crippen LogP contribution in [0.2, 0.25) is 0 Å². The maximum atomic E-state index is 12.3. The van der Waals surface area contributed by atoms with Crippen LogP contribution in [0.4, 0.5) is 0 Å². The highest BCUT2D eigenvalue weighted by Crippen LogP contribution is 2.26. The Hall–Kier alpha value is -2.29. The molecule has 0 spiro atoms. The molecule has 1 amide bonds. The Bertz CT molecular complexity index is 739. The van der Waals surface area contributed by atoms with Gasteiger partial charge in [0, 0.05) is 0 Å². The molecule has 3 heteroatoms. The van der Waals surface area contributed by atoms with E-state index in [1.807, 2.05) is 31.2 Å². The number of hydrogen-bond donors (Lipinski definition) is 1. The number of carbonyl (C=O) groups is 1. The van der Waals surface area contributed by atoms with Crippen LogP contribution in [0.1, 0.15) is 54.5 Å². The predicted molar refractivity (Wildman–Crippen MR) is 101 cm³/mol. The molecule has 0 heterocycles. The number of carbonyl (C=O) groups excluding carboxylic acids is 1. The minimum absolute atomic E-state index is 0.0424. The number of fused-ring (bicyclic) bond motifs is 1. The lowest BCUT2D eigenvalue weighted by Gasteiger charge is -2.21. The highest BCUT2D eigenvalue weighted by molar-refractivity contribution is 5.78. The first kappa shape index (κ1) is 17.5. The van der Waals surface area contributed by atoms with Crippen LogP contribution in [-0.4, -0.2) is 12.5 Å². The summed E-state index contributed by atoms with van der Waals surface area (Å²) in [6, 6.07) is 14.5. The van der Waals surface area contributed by atoms with Crippen LogP contribution in [0.3, 0.4) is 0 Å². The van der Waals surface area contributed by atoms with Gasteiger partial charge in [0.1, 0.15) is 5.75 Å². The van der Waals surface area contributed by atoms with Gasteiger partial charge in [-0.25, -0.2) is 0 Å². The van der Waals surface area contributed by atoms with Gasteiger partial charge in [-0.2, -0.15) is 0 Å². The van der Waals surface area contributed by atoms with Gasteiger partial charge in [-0.3, -0.25) is 4.79 Å². The third-order valence-corrected chi connectivity index (χ3v) is 4.88. The Morgan fingerprint density at radius 3 is 2.68 bits per heavy atom. The third kappa shape index (κ3) is 4.62. The number of aryl methyl sites for hydroxylation is 3. The molecule has 0 saturated heterocycles. The fourth-order valence-electron chi connectivity index (χ4n) is 3.48. The van der Waals surface area contributed by atoms with Gasteiger partial charge < -0.3 is 10.1 Å². The topological polar surface area (TPSA) is 38.3 Å². The smallest absolute Gasteiger partial charge is 0.258 e. The fraction of sp³-hybridized carbons (Fsp3) is 0.409. The van der Waals surface area contributed by atoms with Crippen molar-refractivity contribution in [2.75, 3.05) is 6.61 Å². The first-order chi connectivity index (χ1) is 12.2. The van der Waals surface area contributed by atoms with Crippen molar-refractivity contribution >= 4 is 5.91 Å². The molecular weight excluding hydrogens is 310 g/mol. The Kier molecular flexibility index (Phi) is 5.75. The van der Waals surface area contributed by atoms with E-state index in [-0.39, 0.29) is 18.6 Å². The van der Waals surface area contributed by atoms with E-state index >= 15 is 0 Å². The lowest BCUT2D eigenvalue weighted by atomic mass is 9.89. The Morgan fingerprint density at radius 1 is 1.12 bits per heavy atom. The maximum Gasteiger partial charge on any atom is 0.258 e. The molecule has 0 bridgehead atoms. The van der Waals surface area contributed by atoms with Crippen molar-refractivity contribution in [3.8, 4) is 5.75 Å². The summed E-state index contributed by atoms with van der Waals surface area (Å²) in [5.74, 6) is 0.656. The minimum atomic E-state index is -0.0777. The van der Waals surface area contributed by atoms with E-state index < -0.39 is 0 Å². The molecule has 0 aliphatic heterocycles. The molecular formula is C22H27NO2. The van der Waals surface area contributed by atoms with Gasteiger partial charge in [-0.1, -0.05) is 37.3 Å². The van der Waals surface area contributed by atoms with E-state index in [4.69, 9.17) is 4.74 Å². The molecule has 2 aromatic rings. The van der Waals surface area contributed by atoms with Gasteiger partial charge in [0.15, 0.2) is 6.61 Å². The molecule has 0 saturated carbocycles. The molecule has 0 fully saturated rings. The molecule has 1 aliphatic carbocycles. The molecule has 1 unspecified atom stereocenters. The van der Waals surface area contributed by atoms with E-state index in [0.29, 0.717) is 0 Å². The van der Waals surface area contributed by atoms with Crippen LogP contribution in [0.25, 0.3) is 0 Å². The van der Waals surface area contributed by atoms with Crippen LogP contribution in [0.15, 0.2) is 42.5 Å². The van der Waals surface area contributed by atoms with Crippen molar-refractivity contribution in [2.24, 2.45) is 0 Å². The molecule has 2 aromatic carbocycles. The van der Waals surface area contributed by atoms with Crippen LogP contribution < -0.4 is 10.1 Å². The van der Waals surface area contributed by atoms with Crippen molar-refractivity contribution in [3.05, 3.63) is 64.7 Å². The molecule has 0 radical (unpaired) electrons. The lowest BCUT2D eigenvalue weighted by Crippen LogP contribution is -2.32. The monoisotopic (exact) mass is 337 g/mol. The van der Waals surface area contributed by atoms with Gasteiger partial charge in [-0.05, 0) is 73.4 Å². The predicted octanol–water partition coefficient (Wildman–Crippen LogP) is 4.52. The van der Waals surface area contributed by atoms with Crippen molar-refractivity contribution in [3.63, 3.8) is 0 Å². The molecule has 1 aliphatic rings. The van der Waals surface area contributed by atoms with Crippen LogP contribution in [-0.2, 0) is 17.6 Å². The zero-order valence-corrected chi connectivity index (χ0v) is 15.2. The van der Waals surface area contributed by atoms with Crippen molar-refractivity contribution < 1.29 is 9.53 Å². The summed E-state index contributed by atoms with van der Waals surface area (Å²) in [6.45, 7) is 4.16. The maximum absolute atomic E-state index is 12.3. The quantitative estimate of drug-likeness (QED) is 0.841. The Labute approximate surface area is 150 Å². The second-order valence-electron chi connectivity index (χ2n) is 6.87. The molecule has 3 rings (SSSR count). The second kappa shape index (κ2) is 8.19. The van der Waals surface area contributed by atoms with Crippen LogP contribution in [0.5, 0.6) is 5.75 Å². The highest BCUT2D eigenvalue weighted by atomic mass is 16.5. The van der Waals surface area contributed by atoms with Gasteiger partial charge in [0.05, 0.1) is 6.04 Å².